The van der Waals surface area contributed by atoms with Crippen molar-refractivity contribution in [1.29, 1.82) is 0 Å². The Hall–Kier alpha value is -6.29. The second kappa shape index (κ2) is 16.0. The van der Waals surface area contributed by atoms with Crippen molar-refractivity contribution < 1.29 is 76.4 Å². The van der Waals surface area contributed by atoms with Gasteiger partial charge in [0.05, 0.1) is 16.5 Å². The number of halogens is 5. The van der Waals surface area contributed by atoms with Gasteiger partial charge in [-0.05, 0) is 36.6 Å². The number of carbonyl (C=O) groups excluding carboxylic acids is 5. The van der Waals surface area contributed by atoms with Crippen LogP contribution >= 0.6 is 11.6 Å². The molecule has 2 atom stereocenters. The third-order valence-electron chi connectivity index (χ3n) is 8.51. The van der Waals surface area contributed by atoms with Gasteiger partial charge in [0.25, 0.3) is 5.91 Å². The first-order valence-electron chi connectivity index (χ1n) is 15.9. The van der Waals surface area contributed by atoms with Crippen molar-refractivity contribution >= 4 is 54.3 Å². The molecule has 2 heterocycles. The van der Waals surface area contributed by atoms with Crippen LogP contribution in [0.1, 0.15) is 44.3 Å². The molecule has 0 aliphatic carbocycles. The Labute approximate surface area is 311 Å². The zero-order valence-electron chi connectivity index (χ0n) is 27.7. The zero-order chi connectivity index (χ0) is 40.5. The van der Waals surface area contributed by atoms with E-state index < -0.39 is 129 Å². The number of phenolic OH excluding ortho intramolecular Hbond substituents is 3. The molecule has 1 fully saturated rings. The summed E-state index contributed by atoms with van der Waals surface area (Å²) in [7, 11) is -2.01. The fourth-order valence-corrected chi connectivity index (χ4v) is 5.96. The molecule has 23 heteroatoms. The second-order valence-corrected chi connectivity index (χ2v) is 12.4. The number of carbonyl (C=O) groups is 6. The zero-order valence-corrected chi connectivity index (χ0v) is 28.5. The van der Waals surface area contributed by atoms with Gasteiger partial charge in [0.2, 0.25) is 5.91 Å². The summed E-state index contributed by atoms with van der Waals surface area (Å²) in [5, 5.41) is 55.0. The smallest absolute Gasteiger partial charge is 0.534 e. The normalized spacial score (nSPS) is 15.9. The van der Waals surface area contributed by atoms with Gasteiger partial charge in [0.15, 0.2) is 28.9 Å². The summed E-state index contributed by atoms with van der Waals surface area (Å²) in [4.78, 5) is 78.2. The highest BCUT2D eigenvalue weighted by Crippen LogP contribution is 2.41. The van der Waals surface area contributed by atoms with Gasteiger partial charge in [0, 0.05) is 37.8 Å². The van der Waals surface area contributed by atoms with Gasteiger partial charge in [-0.15, -0.1) is 0 Å². The molecule has 0 saturated carbocycles. The highest BCUT2D eigenvalue weighted by Gasteiger charge is 2.42. The molecule has 290 valence electrons. The molecule has 6 amide bonds. The molecule has 0 spiro atoms. The molecule has 3 aromatic carbocycles. The minimum atomic E-state index is -2.12. The van der Waals surface area contributed by atoms with Gasteiger partial charge >= 0.3 is 30.9 Å². The minimum Gasteiger partial charge on any atom is -0.534 e. The highest BCUT2D eigenvalue weighted by molar-refractivity contribution is 6.47. The number of piperazine rings is 1. The Balaban J connectivity index is 1.27. The lowest BCUT2D eigenvalue weighted by Gasteiger charge is -2.34. The standard InChI is InChI=1S/C32H27BClF4N5O12/c34-22-14(10-18(38)24(45)25(22)46)23(28(48)40-20-8-12-2-3-15(35)21(31(51)52)26(12)55-33(20)54)41-32(53)43-7-6-42(29(49)30(43)50)5-1-4-39-27(47)13-9-17(37)19(44)11-16(13)36/h2-3,9-11,20,23,44-46,54H,1,4-8H2,(H,39,47)(H,40,48)(H,41,53)(H,51,52)/t20-,23+/m0/s1. The number of hydrogen-bond acceptors (Lipinski definition) is 11. The van der Waals surface area contributed by atoms with E-state index in [9.17, 15) is 71.8 Å². The van der Waals surface area contributed by atoms with Crippen LogP contribution in [0.4, 0.5) is 22.4 Å². The van der Waals surface area contributed by atoms with E-state index in [0.29, 0.717) is 23.1 Å². The molecule has 1 saturated heterocycles. The molecule has 0 unspecified atom stereocenters. The van der Waals surface area contributed by atoms with Crippen LogP contribution in [-0.2, 0) is 20.8 Å². The van der Waals surface area contributed by atoms with E-state index in [4.69, 9.17) is 16.3 Å². The third-order valence-corrected chi connectivity index (χ3v) is 8.91. The van der Waals surface area contributed by atoms with Gasteiger partial charge in [-0.25, -0.2) is 27.2 Å². The molecule has 2 aliphatic rings. The molecule has 0 radical (unpaired) electrons. The third kappa shape index (κ3) is 8.14. The molecule has 8 N–H and O–H groups in total. The number of carboxylic acid groups (broad SMARTS) is 1. The predicted molar refractivity (Wildman–Crippen MR) is 177 cm³/mol. The quantitative estimate of drug-likeness (QED) is 0.0472. The Kier molecular flexibility index (Phi) is 11.6. The topological polar surface area (TPSA) is 255 Å². The van der Waals surface area contributed by atoms with Crippen molar-refractivity contribution in [2.45, 2.75) is 24.8 Å². The van der Waals surface area contributed by atoms with Crippen LogP contribution in [0.5, 0.6) is 23.0 Å². The average Bonchev–Trinajstić information content (AvgIpc) is 3.13. The summed E-state index contributed by atoms with van der Waals surface area (Å²) in [6.45, 7) is -1.07. The van der Waals surface area contributed by atoms with Crippen LogP contribution in [0.3, 0.4) is 0 Å². The van der Waals surface area contributed by atoms with Gasteiger partial charge < -0.3 is 51.0 Å². The summed E-state index contributed by atoms with van der Waals surface area (Å²) in [5.41, 5.74) is -2.22. The van der Waals surface area contributed by atoms with Crippen molar-refractivity contribution in [3.63, 3.8) is 0 Å². The van der Waals surface area contributed by atoms with Crippen LogP contribution in [0.25, 0.3) is 0 Å². The highest BCUT2D eigenvalue weighted by atomic mass is 35.5. The molecule has 0 bridgehead atoms. The van der Waals surface area contributed by atoms with Gasteiger partial charge in [-0.1, -0.05) is 17.7 Å². The fraction of sp³-hybridized carbons (Fsp3) is 0.250. The Morgan fingerprint density at radius 1 is 0.945 bits per heavy atom. The van der Waals surface area contributed by atoms with Gasteiger partial charge in [-0.2, -0.15) is 0 Å². The van der Waals surface area contributed by atoms with E-state index >= 15 is 0 Å². The number of fused-ring (bicyclic) bond motifs is 1. The van der Waals surface area contributed by atoms with Crippen LogP contribution in [0.2, 0.25) is 5.02 Å². The number of carboxylic acids is 1. The lowest BCUT2D eigenvalue weighted by Crippen LogP contribution is -2.60. The number of phenols is 3. The number of aromatic carboxylic acids is 1. The molecule has 55 heavy (non-hydrogen) atoms. The first-order chi connectivity index (χ1) is 25.9. The second-order valence-electron chi connectivity index (χ2n) is 12.0. The van der Waals surface area contributed by atoms with Crippen LogP contribution < -0.4 is 20.6 Å². The maximum atomic E-state index is 14.6. The Morgan fingerprint density at radius 3 is 2.35 bits per heavy atom. The summed E-state index contributed by atoms with van der Waals surface area (Å²) < 4.78 is 61.5. The average molecular weight is 796 g/mol. The SMILES string of the molecule is O=C(NCCCN1CCN(C(=O)N[C@@H](C(=O)N[C@H]2Cc3ccc(F)c(C(=O)O)c3OB2O)c2cc(F)c(O)c(O)c2Cl)C(=O)C1=O)c1cc(F)c(O)cc1F. The number of nitrogens with zero attached hydrogens (tertiary/aromatic N) is 2. The lowest BCUT2D eigenvalue weighted by atomic mass is 9.72. The maximum Gasteiger partial charge on any atom is 0.547 e. The number of amides is 6. The van der Waals surface area contributed by atoms with E-state index in [1.807, 2.05) is 0 Å². The predicted octanol–water partition coefficient (Wildman–Crippen LogP) is 1.09. The van der Waals surface area contributed by atoms with E-state index in [1.165, 1.54) is 0 Å². The van der Waals surface area contributed by atoms with Crippen molar-refractivity contribution in [3.05, 3.63) is 80.9 Å². The van der Waals surface area contributed by atoms with Crippen molar-refractivity contribution in [2.75, 3.05) is 26.2 Å². The van der Waals surface area contributed by atoms with Crippen LogP contribution in [0.15, 0.2) is 30.3 Å². The molecule has 5 rings (SSSR count). The van der Waals surface area contributed by atoms with Crippen molar-refractivity contribution in [2.24, 2.45) is 0 Å². The fourth-order valence-electron chi connectivity index (χ4n) is 5.70. The summed E-state index contributed by atoms with van der Waals surface area (Å²) in [5.74, 6) is -17.2. The first kappa shape index (κ1) is 39.9. The molecule has 17 nitrogen and oxygen atoms in total. The molecule has 3 aromatic rings. The van der Waals surface area contributed by atoms with Crippen LogP contribution in [-0.4, -0.2) is 110 Å². The monoisotopic (exact) mass is 795 g/mol. The number of urea groups is 1. The number of benzene rings is 3. The first-order valence-corrected chi connectivity index (χ1v) is 16.3. The number of rotatable bonds is 10. The Morgan fingerprint density at radius 2 is 1.65 bits per heavy atom. The van der Waals surface area contributed by atoms with E-state index in [2.05, 4.69) is 16.0 Å². The minimum absolute atomic E-state index is 0.00353. The summed E-state index contributed by atoms with van der Waals surface area (Å²) in [6, 6.07) is -0.190. The Bertz CT molecular complexity index is 2130. The van der Waals surface area contributed by atoms with Crippen molar-refractivity contribution in [3.8, 4) is 23.0 Å². The number of hydrogen-bond donors (Lipinski definition) is 8. The molecule has 0 aromatic heterocycles. The molecular weight excluding hydrogens is 769 g/mol. The maximum absolute atomic E-state index is 14.6. The van der Waals surface area contributed by atoms with Gasteiger partial charge in [-0.3, -0.25) is 24.1 Å². The number of aromatic hydroxyl groups is 3. The van der Waals surface area contributed by atoms with E-state index in [-0.39, 0.29) is 38.0 Å². The molecule has 2 aliphatic heterocycles. The lowest BCUT2D eigenvalue weighted by molar-refractivity contribution is -0.153. The summed E-state index contributed by atoms with van der Waals surface area (Å²) in [6.07, 6.45) is -0.360. The number of nitrogens with one attached hydrogen (secondary N) is 3. The van der Waals surface area contributed by atoms with Crippen LogP contribution in [0, 0.1) is 23.3 Å². The van der Waals surface area contributed by atoms with E-state index in [0.717, 1.165) is 17.0 Å². The molecular formula is C32H27BClF4N5O12. The number of imide groups is 1. The van der Waals surface area contributed by atoms with E-state index in [1.54, 1.807) is 0 Å². The largest absolute Gasteiger partial charge is 0.547 e. The summed E-state index contributed by atoms with van der Waals surface area (Å²) >= 11 is 6.10. The van der Waals surface area contributed by atoms with Crippen molar-refractivity contribution in [1.82, 2.24) is 25.8 Å². The van der Waals surface area contributed by atoms with Gasteiger partial charge in [0.1, 0.15) is 29.0 Å².